The van der Waals surface area contributed by atoms with Gasteiger partial charge in [-0.25, -0.2) is 18.7 Å². The zero-order valence-electron chi connectivity index (χ0n) is 11.4. The predicted molar refractivity (Wildman–Crippen MR) is 72.9 cm³/mol. The number of aromatic nitrogens is 2. The molecule has 0 amide bonds. The third-order valence-electron chi connectivity index (χ3n) is 2.83. The smallest absolute Gasteiger partial charge is 0.313 e. The van der Waals surface area contributed by atoms with E-state index in [0.717, 1.165) is 6.20 Å². The van der Waals surface area contributed by atoms with Crippen molar-refractivity contribution in [3.8, 4) is 11.3 Å². The van der Waals surface area contributed by atoms with Crippen LogP contribution < -0.4 is 5.32 Å². The number of benzene rings is 1. The molecule has 1 heterocycles. The van der Waals surface area contributed by atoms with Gasteiger partial charge in [-0.15, -0.1) is 0 Å². The van der Waals surface area contributed by atoms with Crippen molar-refractivity contribution in [2.75, 3.05) is 11.9 Å². The summed E-state index contributed by atoms with van der Waals surface area (Å²) < 4.78 is 27.7. The topological polar surface area (TPSA) is 81.0 Å². The quantitative estimate of drug-likeness (QED) is 0.692. The fourth-order valence-electron chi connectivity index (χ4n) is 1.78. The molecule has 8 heteroatoms. The summed E-state index contributed by atoms with van der Waals surface area (Å²) in [5, 5.41) is 13.8. The summed E-state index contributed by atoms with van der Waals surface area (Å²) in [4.78, 5) is 18.0. The molecular formula is C13H12F2N4O2. The predicted octanol–water partition coefficient (Wildman–Crippen LogP) is 3.07. The highest BCUT2D eigenvalue weighted by Gasteiger charge is 2.23. The molecule has 0 fully saturated rings. The SMILES string of the molecule is CCNc1ncc([N+](=O)[O-])c(-c2ccc(C)c(F)c2F)n1. The minimum Gasteiger partial charge on any atom is -0.354 e. The number of rotatable bonds is 4. The summed E-state index contributed by atoms with van der Waals surface area (Å²) in [7, 11) is 0. The molecule has 0 radical (unpaired) electrons. The number of halogens is 2. The molecule has 6 nitrogen and oxygen atoms in total. The summed E-state index contributed by atoms with van der Waals surface area (Å²) >= 11 is 0. The van der Waals surface area contributed by atoms with E-state index in [-0.39, 0.29) is 22.8 Å². The van der Waals surface area contributed by atoms with Gasteiger partial charge in [0.2, 0.25) is 5.95 Å². The Bertz CT molecular complexity index is 707. The Morgan fingerprint density at radius 1 is 1.33 bits per heavy atom. The van der Waals surface area contributed by atoms with E-state index in [0.29, 0.717) is 6.54 Å². The van der Waals surface area contributed by atoms with Gasteiger partial charge in [-0.3, -0.25) is 10.1 Å². The van der Waals surface area contributed by atoms with Crippen molar-refractivity contribution >= 4 is 11.6 Å². The Morgan fingerprint density at radius 2 is 2.05 bits per heavy atom. The molecule has 0 atom stereocenters. The van der Waals surface area contributed by atoms with E-state index >= 15 is 0 Å². The normalized spacial score (nSPS) is 10.5. The Kier molecular flexibility index (Phi) is 4.06. The zero-order chi connectivity index (χ0) is 15.6. The first-order chi connectivity index (χ1) is 9.95. The van der Waals surface area contributed by atoms with E-state index in [2.05, 4.69) is 15.3 Å². The highest BCUT2D eigenvalue weighted by Crippen LogP contribution is 2.31. The molecule has 0 aliphatic carbocycles. The summed E-state index contributed by atoms with van der Waals surface area (Å²) in [6, 6.07) is 2.60. The fourth-order valence-corrected chi connectivity index (χ4v) is 1.78. The number of nitrogens with zero attached hydrogens (tertiary/aromatic N) is 3. The lowest BCUT2D eigenvalue weighted by atomic mass is 10.1. The standard InChI is InChI=1S/C13H12F2N4O2/c1-3-16-13-17-6-9(19(20)21)12(18-13)8-5-4-7(2)10(14)11(8)15/h4-6H,3H2,1-2H3,(H,16,17,18). The first-order valence-corrected chi connectivity index (χ1v) is 6.16. The third-order valence-corrected chi connectivity index (χ3v) is 2.83. The van der Waals surface area contributed by atoms with Gasteiger partial charge >= 0.3 is 5.69 Å². The van der Waals surface area contributed by atoms with Crippen LogP contribution in [0.2, 0.25) is 0 Å². The molecule has 0 aliphatic rings. The number of anilines is 1. The van der Waals surface area contributed by atoms with Crippen molar-refractivity contribution in [3.05, 3.63) is 45.6 Å². The van der Waals surface area contributed by atoms with Gasteiger partial charge in [0, 0.05) is 12.1 Å². The Hall–Kier alpha value is -2.64. The average Bonchev–Trinajstić information content (AvgIpc) is 2.45. The maximum Gasteiger partial charge on any atom is 0.313 e. The lowest BCUT2D eigenvalue weighted by molar-refractivity contribution is -0.384. The van der Waals surface area contributed by atoms with E-state index in [1.54, 1.807) is 6.92 Å². The van der Waals surface area contributed by atoms with Gasteiger partial charge in [-0.05, 0) is 25.5 Å². The fraction of sp³-hybridized carbons (Fsp3) is 0.231. The Balaban J connectivity index is 2.68. The van der Waals surface area contributed by atoms with Crippen molar-refractivity contribution in [2.24, 2.45) is 0 Å². The molecule has 0 unspecified atom stereocenters. The van der Waals surface area contributed by atoms with Crippen LogP contribution in [-0.4, -0.2) is 21.4 Å². The number of aryl methyl sites for hydroxylation is 1. The molecule has 1 N–H and O–H groups in total. The minimum atomic E-state index is -1.17. The van der Waals surface area contributed by atoms with Crippen LogP contribution in [0.25, 0.3) is 11.3 Å². The maximum absolute atomic E-state index is 14.0. The molecule has 0 bridgehead atoms. The van der Waals surface area contributed by atoms with Crippen molar-refractivity contribution in [2.45, 2.75) is 13.8 Å². The summed E-state index contributed by atoms with van der Waals surface area (Å²) in [6.07, 6.45) is 0.970. The van der Waals surface area contributed by atoms with Crippen LogP contribution in [0.1, 0.15) is 12.5 Å². The van der Waals surface area contributed by atoms with E-state index < -0.39 is 22.2 Å². The second-order valence-corrected chi connectivity index (χ2v) is 4.27. The van der Waals surface area contributed by atoms with Crippen molar-refractivity contribution in [1.82, 2.24) is 9.97 Å². The maximum atomic E-state index is 14.0. The van der Waals surface area contributed by atoms with Crippen LogP contribution in [0, 0.1) is 28.7 Å². The molecule has 2 rings (SSSR count). The number of hydrogen-bond donors (Lipinski definition) is 1. The van der Waals surface area contributed by atoms with Gasteiger partial charge in [0.25, 0.3) is 0 Å². The highest BCUT2D eigenvalue weighted by molar-refractivity contribution is 5.70. The van der Waals surface area contributed by atoms with E-state index in [1.165, 1.54) is 19.1 Å². The van der Waals surface area contributed by atoms with Crippen LogP contribution >= 0.6 is 0 Å². The van der Waals surface area contributed by atoms with Gasteiger partial charge < -0.3 is 5.32 Å². The van der Waals surface area contributed by atoms with Crippen molar-refractivity contribution < 1.29 is 13.7 Å². The van der Waals surface area contributed by atoms with Gasteiger partial charge in [-0.2, -0.15) is 0 Å². The molecule has 0 saturated carbocycles. The highest BCUT2D eigenvalue weighted by atomic mass is 19.2. The molecule has 0 saturated heterocycles. The van der Waals surface area contributed by atoms with Crippen LogP contribution in [0.4, 0.5) is 20.4 Å². The monoisotopic (exact) mass is 294 g/mol. The van der Waals surface area contributed by atoms with Crippen molar-refractivity contribution in [1.29, 1.82) is 0 Å². The molecule has 1 aromatic carbocycles. The first-order valence-electron chi connectivity index (χ1n) is 6.16. The van der Waals surface area contributed by atoms with Gasteiger partial charge in [0.05, 0.1) is 4.92 Å². The minimum absolute atomic E-state index is 0.110. The Labute approximate surface area is 119 Å². The number of nitrogens with one attached hydrogen (secondary N) is 1. The summed E-state index contributed by atoms with van der Waals surface area (Å²) in [5.74, 6) is -2.11. The lowest BCUT2D eigenvalue weighted by Crippen LogP contribution is -2.06. The molecule has 0 aliphatic heterocycles. The summed E-state index contributed by atoms with van der Waals surface area (Å²) in [5.41, 5.74) is -0.910. The first kappa shape index (κ1) is 14.8. The number of hydrogen-bond acceptors (Lipinski definition) is 5. The largest absolute Gasteiger partial charge is 0.354 e. The van der Waals surface area contributed by atoms with Crippen molar-refractivity contribution in [3.63, 3.8) is 0 Å². The second-order valence-electron chi connectivity index (χ2n) is 4.27. The molecule has 110 valence electrons. The van der Waals surface area contributed by atoms with Gasteiger partial charge in [0.15, 0.2) is 17.3 Å². The van der Waals surface area contributed by atoms with Gasteiger partial charge in [0.1, 0.15) is 6.20 Å². The second kappa shape index (κ2) is 5.78. The van der Waals surface area contributed by atoms with Crippen LogP contribution in [0.5, 0.6) is 0 Å². The van der Waals surface area contributed by atoms with E-state index in [9.17, 15) is 18.9 Å². The zero-order valence-corrected chi connectivity index (χ0v) is 11.4. The third kappa shape index (κ3) is 2.78. The average molecular weight is 294 g/mol. The van der Waals surface area contributed by atoms with Crippen LogP contribution in [0.15, 0.2) is 18.3 Å². The Morgan fingerprint density at radius 3 is 2.67 bits per heavy atom. The van der Waals surface area contributed by atoms with Crippen LogP contribution in [-0.2, 0) is 0 Å². The molecular weight excluding hydrogens is 282 g/mol. The van der Waals surface area contributed by atoms with E-state index in [1.807, 2.05) is 0 Å². The van der Waals surface area contributed by atoms with Crippen LogP contribution in [0.3, 0.4) is 0 Å². The van der Waals surface area contributed by atoms with E-state index in [4.69, 9.17) is 0 Å². The molecule has 21 heavy (non-hydrogen) atoms. The number of nitro groups is 1. The van der Waals surface area contributed by atoms with Gasteiger partial charge in [-0.1, -0.05) is 6.07 Å². The summed E-state index contributed by atoms with van der Waals surface area (Å²) in [6.45, 7) is 3.68. The molecule has 2 aromatic rings. The lowest BCUT2D eigenvalue weighted by Gasteiger charge is -2.08. The molecule has 1 aromatic heterocycles. The molecule has 0 spiro atoms.